The van der Waals surface area contributed by atoms with Crippen LogP contribution >= 0.6 is 0 Å². The minimum absolute atomic E-state index is 0.0202. The van der Waals surface area contributed by atoms with Crippen molar-refractivity contribution in [3.8, 4) is 11.1 Å². The fraction of sp³-hybridized carbons (Fsp3) is 0.333. The number of H-pyrrole nitrogens is 1. The summed E-state index contributed by atoms with van der Waals surface area (Å²) >= 11 is 0. The van der Waals surface area contributed by atoms with Gasteiger partial charge in [-0.25, -0.2) is 0 Å². The Morgan fingerprint density at radius 1 is 0.900 bits per heavy atom. The van der Waals surface area contributed by atoms with Crippen LogP contribution in [0.15, 0.2) is 54.7 Å². The van der Waals surface area contributed by atoms with Crippen LogP contribution in [0.25, 0.3) is 22.0 Å². The summed E-state index contributed by atoms with van der Waals surface area (Å²) in [5, 5.41) is 1.17. The average molecular weight is 403 g/mol. The second kappa shape index (κ2) is 7.95. The van der Waals surface area contributed by atoms with Crippen molar-refractivity contribution in [3.05, 3.63) is 60.3 Å². The third kappa shape index (κ3) is 3.59. The summed E-state index contributed by atoms with van der Waals surface area (Å²) < 4.78 is 5.50. The van der Waals surface area contributed by atoms with Crippen LogP contribution in [0.4, 0.5) is 0 Å². The van der Waals surface area contributed by atoms with E-state index in [0.717, 1.165) is 29.5 Å². The number of carbonyl (C=O) groups is 2. The number of nitrogens with one attached hydrogen (secondary N) is 1. The van der Waals surface area contributed by atoms with E-state index in [4.69, 9.17) is 4.74 Å². The van der Waals surface area contributed by atoms with Gasteiger partial charge in [0.2, 0.25) is 0 Å². The molecule has 1 N–H and O–H groups in total. The Kier molecular flexibility index (Phi) is 5.01. The van der Waals surface area contributed by atoms with Crippen molar-refractivity contribution in [1.82, 2.24) is 14.8 Å². The molecule has 3 aromatic rings. The first-order valence-electron chi connectivity index (χ1n) is 10.6. The van der Waals surface area contributed by atoms with E-state index in [1.807, 2.05) is 40.3 Å². The van der Waals surface area contributed by atoms with Gasteiger partial charge in [0.05, 0.1) is 0 Å². The first kappa shape index (κ1) is 18.9. The van der Waals surface area contributed by atoms with E-state index in [-0.39, 0.29) is 17.9 Å². The molecule has 2 saturated heterocycles. The van der Waals surface area contributed by atoms with Gasteiger partial charge in [0, 0.05) is 50.1 Å². The number of carbonyl (C=O) groups excluding carboxylic acids is 2. The van der Waals surface area contributed by atoms with E-state index < -0.39 is 0 Å². The van der Waals surface area contributed by atoms with Gasteiger partial charge < -0.3 is 19.5 Å². The van der Waals surface area contributed by atoms with Crippen molar-refractivity contribution in [2.24, 2.45) is 0 Å². The summed E-state index contributed by atoms with van der Waals surface area (Å²) in [6.07, 6.45) is 3.40. The molecule has 0 spiro atoms. The number of benzene rings is 2. The zero-order chi connectivity index (χ0) is 20.5. The Labute approximate surface area is 175 Å². The minimum Gasteiger partial charge on any atom is -0.368 e. The van der Waals surface area contributed by atoms with Crippen molar-refractivity contribution in [2.45, 2.75) is 18.9 Å². The Morgan fingerprint density at radius 2 is 1.63 bits per heavy atom. The summed E-state index contributed by atoms with van der Waals surface area (Å²) in [7, 11) is 0. The first-order chi connectivity index (χ1) is 14.7. The van der Waals surface area contributed by atoms with E-state index in [0.29, 0.717) is 38.3 Å². The highest BCUT2D eigenvalue weighted by Gasteiger charge is 2.31. The summed E-state index contributed by atoms with van der Waals surface area (Å²) in [5.74, 6) is 0.0928. The fourth-order valence-electron chi connectivity index (χ4n) is 4.33. The Bertz CT molecular complexity index is 1060. The van der Waals surface area contributed by atoms with Crippen molar-refractivity contribution >= 4 is 22.7 Å². The van der Waals surface area contributed by atoms with E-state index in [1.54, 1.807) is 0 Å². The van der Waals surface area contributed by atoms with Crippen LogP contribution in [-0.4, -0.2) is 65.5 Å². The zero-order valence-electron chi connectivity index (χ0n) is 16.8. The number of nitrogens with zero attached hydrogens (tertiary/aromatic N) is 2. The van der Waals surface area contributed by atoms with Crippen LogP contribution in [-0.2, 0) is 9.53 Å². The first-order valence-corrected chi connectivity index (χ1v) is 10.6. The lowest BCUT2D eigenvalue weighted by molar-refractivity contribution is -0.142. The maximum absolute atomic E-state index is 12.9. The van der Waals surface area contributed by atoms with Gasteiger partial charge in [0.1, 0.15) is 6.10 Å². The van der Waals surface area contributed by atoms with Crippen molar-refractivity contribution < 1.29 is 14.3 Å². The smallest absolute Gasteiger partial charge is 0.253 e. The molecule has 1 aromatic heterocycles. The molecule has 0 aliphatic carbocycles. The van der Waals surface area contributed by atoms with Crippen LogP contribution in [0.5, 0.6) is 0 Å². The molecule has 1 atom stereocenters. The van der Waals surface area contributed by atoms with E-state index >= 15 is 0 Å². The number of aromatic amines is 1. The molecule has 2 amide bonds. The lowest BCUT2D eigenvalue weighted by Crippen LogP contribution is -2.52. The second-order valence-corrected chi connectivity index (χ2v) is 7.98. The van der Waals surface area contributed by atoms with Gasteiger partial charge in [0.25, 0.3) is 11.8 Å². The van der Waals surface area contributed by atoms with Gasteiger partial charge >= 0.3 is 0 Å². The van der Waals surface area contributed by atoms with Crippen molar-refractivity contribution in [3.63, 3.8) is 0 Å². The third-order valence-corrected chi connectivity index (χ3v) is 6.10. The molecule has 1 unspecified atom stereocenters. The Hall–Kier alpha value is -3.12. The minimum atomic E-state index is -0.287. The molecule has 0 radical (unpaired) electrons. The number of piperazine rings is 1. The molecule has 30 heavy (non-hydrogen) atoms. The number of aromatic nitrogens is 1. The normalized spacial score (nSPS) is 19.4. The van der Waals surface area contributed by atoms with Crippen LogP contribution in [0.3, 0.4) is 0 Å². The summed E-state index contributed by atoms with van der Waals surface area (Å²) in [6, 6.07) is 16.1. The second-order valence-electron chi connectivity index (χ2n) is 7.98. The van der Waals surface area contributed by atoms with Gasteiger partial charge in [-0.15, -0.1) is 0 Å². The molecule has 0 saturated carbocycles. The number of fused-ring (bicyclic) bond motifs is 1. The molecule has 6 heteroatoms. The number of ether oxygens (including phenoxy) is 1. The average Bonchev–Trinajstić information content (AvgIpc) is 3.50. The number of amides is 2. The van der Waals surface area contributed by atoms with Gasteiger partial charge in [-0.1, -0.05) is 18.2 Å². The number of rotatable bonds is 3. The highest BCUT2D eigenvalue weighted by molar-refractivity contribution is 5.95. The Balaban J connectivity index is 1.23. The number of hydrogen-bond acceptors (Lipinski definition) is 3. The van der Waals surface area contributed by atoms with Gasteiger partial charge in [-0.2, -0.15) is 0 Å². The van der Waals surface area contributed by atoms with Crippen molar-refractivity contribution in [2.75, 3.05) is 32.8 Å². The SMILES string of the molecule is O=C(c1ccc(-c2ccc3[nH]ccc3c2)cc1)N1CCN(C(=O)C2CCCO2)CC1. The van der Waals surface area contributed by atoms with Gasteiger partial charge in [-0.3, -0.25) is 9.59 Å². The van der Waals surface area contributed by atoms with Crippen molar-refractivity contribution in [1.29, 1.82) is 0 Å². The molecule has 0 bridgehead atoms. The van der Waals surface area contributed by atoms with E-state index in [9.17, 15) is 9.59 Å². The largest absolute Gasteiger partial charge is 0.368 e. The molecular formula is C24H25N3O3. The highest BCUT2D eigenvalue weighted by atomic mass is 16.5. The molecular weight excluding hydrogens is 378 g/mol. The van der Waals surface area contributed by atoms with Crippen LogP contribution in [0.2, 0.25) is 0 Å². The zero-order valence-corrected chi connectivity index (χ0v) is 16.8. The fourth-order valence-corrected chi connectivity index (χ4v) is 4.33. The molecule has 154 valence electrons. The molecule has 2 aliphatic rings. The predicted octanol–water partition coefficient (Wildman–Crippen LogP) is 3.30. The summed E-state index contributed by atoms with van der Waals surface area (Å²) in [4.78, 5) is 32.3. The lowest BCUT2D eigenvalue weighted by atomic mass is 10.0. The van der Waals surface area contributed by atoms with E-state index in [2.05, 4.69) is 29.2 Å². The summed E-state index contributed by atoms with van der Waals surface area (Å²) in [6.45, 7) is 2.93. The van der Waals surface area contributed by atoms with Crippen LogP contribution in [0.1, 0.15) is 23.2 Å². The standard InChI is InChI=1S/C24H25N3O3/c28-23(26-11-13-27(14-12-26)24(29)22-2-1-15-30-22)18-5-3-17(4-6-18)19-7-8-21-20(16-19)9-10-25-21/h3-10,16,22,25H,1-2,11-15H2. The Morgan fingerprint density at radius 3 is 2.37 bits per heavy atom. The van der Waals surface area contributed by atoms with Gasteiger partial charge in [-0.05, 0) is 59.7 Å². The maximum atomic E-state index is 12.9. The molecule has 5 rings (SSSR count). The maximum Gasteiger partial charge on any atom is 0.253 e. The molecule has 6 nitrogen and oxygen atoms in total. The third-order valence-electron chi connectivity index (χ3n) is 6.10. The van der Waals surface area contributed by atoms with Crippen LogP contribution in [0, 0.1) is 0 Å². The predicted molar refractivity (Wildman–Crippen MR) is 115 cm³/mol. The molecule has 3 heterocycles. The van der Waals surface area contributed by atoms with Gasteiger partial charge in [0.15, 0.2) is 0 Å². The van der Waals surface area contributed by atoms with E-state index in [1.165, 1.54) is 5.39 Å². The summed E-state index contributed by atoms with van der Waals surface area (Å²) in [5.41, 5.74) is 4.01. The highest BCUT2D eigenvalue weighted by Crippen LogP contribution is 2.25. The lowest BCUT2D eigenvalue weighted by Gasteiger charge is -2.35. The topological polar surface area (TPSA) is 65.6 Å². The molecule has 2 fully saturated rings. The molecule has 2 aromatic carbocycles. The van der Waals surface area contributed by atoms with Crippen LogP contribution < -0.4 is 0 Å². The number of hydrogen-bond donors (Lipinski definition) is 1. The monoisotopic (exact) mass is 403 g/mol. The quantitative estimate of drug-likeness (QED) is 0.730. The molecule has 2 aliphatic heterocycles.